The van der Waals surface area contributed by atoms with Crippen molar-refractivity contribution in [2.75, 3.05) is 0 Å². The lowest BCUT2D eigenvalue weighted by atomic mass is 10.1. The highest BCUT2D eigenvalue weighted by Gasteiger charge is 2.30. The van der Waals surface area contributed by atoms with Gasteiger partial charge in [-0.2, -0.15) is 0 Å². The third-order valence-corrected chi connectivity index (χ3v) is 2.23. The van der Waals surface area contributed by atoms with Crippen LogP contribution >= 0.6 is 0 Å². The molecule has 1 N–H and O–H groups in total. The van der Waals surface area contributed by atoms with Gasteiger partial charge in [0.25, 0.3) is 0 Å². The standard InChI is InChI=1S/C13H17NO3/c1-9-5-7-11(8-6-9)17-12(16)13(3,4)14-10(2)15/h5-8H,1-4H3,(H,14,15). The van der Waals surface area contributed by atoms with Crippen molar-refractivity contribution in [3.8, 4) is 5.75 Å². The molecule has 4 nitrogen and oxygen atoms in total. The van der Waals surface area contributed by atoms with Gasteiger partial charge in [-0.3, -0.25) is 4.79 Å². The van der Waals surface area contributed by atoms with Crippen molar-refractivity contribution in [1.29, 1.82) is 0 Å². The van der Waals surface area contributed by atoms with Gasteiger partial charge >= 0.3 is 5.97 Å². The second kappa shape index (κ2) is 4.99. The molecule has 0 unspecified atom stereocenters. The molecule has 0 radical (unpaired) electrons. The number of carbonyl (C=O) groups excluding carboxylic acids is 2. The Morgan fingerprint density at radius 3 is 2.18 bits per heavy atom. The zero-order valence-corrected chi connectivity index (χ0v) is 10.5. The zero-order valence-electron chi connectivity index (χ0n) is 10.5. The minimum Gasteiger partial charge on any atom is -0.425 e. The van der Waals surface area contributed by atoms with Gasteiger partial charge in [-0.15, -0.1) is 0 Å². The molecule has 17 heavy (non-hydrogen) atoms. The number of hydrogen-bond donors (Lipinski definition) is 1. The number of ether oxygens (including phenoxy) is 1. The van der Waals surface area contributed by atoms with Gasteiger partial charge in [0.05, 0.1) is 0 Å². The van der Waals surface area contributed by atoms with E-state index in [2.05, 4.69) is 5.32 Å². The summed E-state index contributed by atoms with van der Waals surface area (Å²) in [5.41, 5.74) is 0.0578. The van der Waals surface area contributed by atoms with E-state index in [-0.39, 0.29) is 5.91 Å². The fourth-order valence-electron chi connectivity index (χ4n) is 1.33. The molecule has 0 spiro atoms. The Balaban J connectivity index is 2.71. The molecule has 4 heteroatoms. The molecular weight excluding hydrogens is 218 g/mol. The van der Waals surface area contributed by atoms with Crippen molar-refractivity contribution >= 4 is 11.9 Å². The number of amides is 1. The Hall–Kier alpha value is -1.84. The Morgan fingerprint density at radius 2 is 1.71 bits per heavy atom. The van der Waals surface area contributed by atoms with E-state index in [1.54, 1.807) is 26.0 Å². The highest BCUT2D eigenvalue weighted by Crippen LogP contribution is 2.14. The van der Waals surface area contributed by atoms with E-state index in [9.17, 15) is 9.59 Å². The van der Waals surface area contributed by atoms with E-state index in [0.717, 1.165) is 5.56 Å². The monoisotopic (exact) mass is 235 g/mol. The summed E-state index contributed by atoms with van der Waals surface area (Å²) < 4.78 is 5.18. The summed E-state index contributed by atoms with van der Waals surface area (Å²) in [6.45, 7) is 6.52. The van der Waals surface area contributed by atoms with Crippen LogP contribution in [0.4, 0.5) is 0 Å². The van der Waals surface area contributed by atoms with Crippen molar-refractivity contribution in [1.82, 2.24) is 5.32 Å². The van der Waals surface area contributed by atoms with E-state index in [4.69, 9.17) is 4.74 Å². The molecule has 0 aliphatic heterocycles. The van der Waals surface area contributed by atoms with Crippen LogP contribution in [0, 0.1) is 6.92 Å². The average molecular weight is 235 g/mol. The van der Waals surface area contributed by atoms with Crippen molar-refractivity contribution in [2.45, 2.75) is 33.2 Å². The molecule has 0 heterocycles. The average Bonchev–Trinajstić information content (AvgIpc) is 2.19. The smallest absolute Gasteiger partial charge is 0.336 e. The number of esters is 1. The van der Waals surface area contributed by atoms with Gasteiger partial charge in [-0.1, -0.05) is 17.7 Å². The summed E-state index contributed by atoms with van der Waals surface area (Å²) in [6, 6.07) is 7.15. The maximum atomic E-state index is 11.8. The van der Waals surface area contributed by atoms with Gasteiger partial charge in [0, 0.05) is 6.92 Å². The second-order valence-electron chi connectivity index (χ2n) is 4.51. The highest BCUT2D eigenvalue weighted by atomic mass is 16.5. The molecule has 1 aromatic carbocycles. The van der Waals surface area contributed by atoms with Crippen LogP contribution in [0.25, 0.3) is 0 Å². The molecule has 0 aliphatic rings. The van der Waals surface area contributed by atoms with Gasteiger partial charge in [-0.25, -0.2) is 4.79 Å². The molecule has 1 amide bonds. The lowest BCUT2D eigenvalue weighted by Crippen LogP contribution is -2.50. The summed E-state index contributed by atoms with van der Waals surface area (Å²) in [6.07, 6.45) is 0. The number of carbonyl (C=O) groups is 2. The number of aryl methyl sites for hydroxylation is 1. The minimum absolute atomic E-state index is 0.268. The van der Waals surface area contributed by atoms with Gasteiger partial charge in [0.15, 0.2) is 0 Å². The summed E-state index contributed by atoms with van der Waals surface area (Å²) >= 11 is 0. The molecule has 0 fully saturated rings. The molecular formula is C13H17NO3. The van der Waals surface area contributed by atoms with Crippen molar-refractivity contribution < 1.29 is 14.3 Å². The SMILES string of the molecule is CC(=O)NC(C)(C)C(=O)Oc1ccc(C)cc1. The molecule has 92 valence electrons. The molecule has 0 aromatic heterocycles. The van der Waals surface area contributed by atoms with Crippen LogP contribution in [0.2, 0.25) is 0 Å². The number of hydrogen-bond acceptors (Lipinski definition) is 3. The Morgan fingerprint density at radius 1 is 1.18 bits per heavy atom. The van der Waals surface area contributed by atoms with Crippen LogP contribution < -0.4 is 10.1 Å². The molecule has 0 saturated carbocycles. The maximum absolute atomic E-state index is 11.8. The lowest BCUT2D eigenvalue weighted by Gasteiger charge is -2.23. The zero-order chi connectivity index (χ0) is 13.1. The van der Waals surface area contributed by atoms with Crippen LogP contribution in [0.3, 0.4) is 0 Å². The third-order valence-electron chi connectivity index (χ3n) is 2.23. The van der Waals surface area contributed by atoms with E-state index in [1.807, 2.05) is 19.1 Å². The summed E-state index contributed by atoms with van der Waals surface area (Å²) in [4.78, 5) is 22.8. The van der Waals surface area contributed by atoms with Crippen molar-refractivity contribution in [2.24, 2.45) is 0 Å². The van der Waals surface area contributed by atoms with Crippen LogP contribution in [0.1, 0.15) is 26.3 Å². The summed E-state index contributed by atoms with van der Waals surface area (Å²) in [7, 11) is 0. The molecule has 1 rings (SSSR count). The molecule has 1 aromatic rings. The summed E-state index contributed by atoms with van der Waals surface area (Å²) in [5, 5.41) is 2.54. The summed E-state index contributed by atoms with van der Waals surface area (Å²) in [5.74, 6) is -0.286. The first-order chi connectivity index (χ1) is 7.81. The number of nitrogens with one attached hydrogen (secondary N) is 1. The third kappa shape index (κ3) is 3.90. The Bertz CT molecular complexity index is 421. The van der Waals surface area contributed by atoms with Crippen LogP contribution in [0.15, 0.2) is 24.3 Å². The molecule has 0 saturated heterocycles. The highest BCUT2D eigenvalue weighted by molar-refractivity contribution is 5.87. The number of benzene rings is 1. The normalized spacial score (nSPS) is 10.8. The van der Waals surface area contributed by atoms with E-state index >= 15 is 0 Å². The molecule has 0 bridgehead atoms. The first-order valence-electron chi connectivity index (χ1n) is 5.39. The predicted molar refractivity (Wildman–Crippen MR) is 64.7 cm³/mol. The fraction of sp³-hybridized carbons (Fsp3) is 0.385. The van der Waals surface area contributed by atoms with Gasteiger partial charge < -0.3 is 10.1 Å². The molecule has 0 aliphatic carbocycles. The van der Waals surface area contributed by atoms with E-state index < -0.39 is 11.5 Å². The van der Waals surface area contributed by atoms with Crippen molar-refractivity contribution in [3.05, 3.63) is 29.8 Å². The van der Waals surface area contributed by atoms with Crippen molar-refractivity contribution in [3.63, 3.8) is 0 Å². The maximum Gasteiger partial charge on any atom is 0.336 e. The van der Waals surface area contributed by atoms with Gasteiger partial charge in [0.1, 0.15) is 11.3 Å². The van der Waals surface area contributed by atoms with Gasteiger partial charge in [-0.05, 0) is 32.9 Å². The number of rotatable bonds is 3. The quantitative estimate of drug-likeness (QED) is 0.642. The minimum atomic E-state index is -1.03. The topological polar surface area (TPSA) is 55.4 Å². The first kappa shape index (κ1) is 13.2. The second-order valence-corrected chi connectivity index (χ2v) is 4.51. The van der Waals surface area contributed by atoms with Crippen LogP contribution in [-0.4, -0.2) is 17.4 Å². The fourth-order valence-corrected chi connectivity index (χ4v) is 1.33. The van der Waals surface area contributed by atoms with Crippen LogP contribution in [-0.2, 0) is 9.59 Å². The van der Waals surface area contributed by atoms with E-state index in [1.165, 1.54) is 6.92 Å². The van der Waals surface area contributed by atoms with Gasteiger partial charge in [0.2, 0.25) is 5.91 Å². The van der Waals surface area contributed by atoms with Crippen LogP contribution in [0.5, 0.6) is 5.75 Å². The Labute approximate surface area is 101 Å². The van der Waals surface area contributed by atoms with E-state index in [0.29, 0.717) is 5.75 Å². The lowest BCUT2D eigenvalue weighted by molar-refractivity contribution is -0.143. The largest absolute Gasteiger partial charge is 0.425 e. The predicted octanol–water partition coefficient (Wildman–Crippen LogP) is 1.82. The Kier molecular flexibility index (Phi) is 3.89. The molecule has 0 atom stereocenters. The first-order valence-corrected chi connectivity index (χ1v) is 5.39.